The molecule has 1 saturated carbocycles. The van der Waals surface area contributed by atoms with Crippen LogP contribution in [0, 0.1) is 11.8 Å². The maximum Gasteiger partial charge on any atom is 0.255 e. The van der Waals surface area contributed by atoms with Crippen LogP contribution in [0.25, 0.3) is 5.76 Å². The second-order valence-corrected chi connectivity index (χ2v) is 11.1. The molecule has 0 bridgehead atoms. The molecule has 3 aliphatic rings. The largest absolute Gasteiger partial charge is 0.508 e. The number of carbonyl (C=O) groups excluding carboxylic acids is 3. The Bertz CT molecular complexity index is 1320. The van der Waals surface area contributed by atoms with Gasteiger partial charge in [0.15, 0.2) is 11.4 Å². The van der Waals surface area contributed by atoms with Gasteiger partial charge >= 0.3 is 0 Å². The Morgan fingerprint density at radius 3 is 2.41 bits per heavy atom. The Morgan fingerprint density at radius 2 is 1.87 bits per heavy atom. The number of aliphatic hydroxyl groups excluding tert-OH is 2. The van der Waals surface area contributed by atoms with E-state index in [1.165, 1.54) is 18.1 Å². The molecule has 0 spiro atoms. The van der Waals surface area contributed by atoms with Crippen molar-refractivity contribution in [2.75, 3.05) is 28.3 Å². The van der Waals surface area contributed by atoms with Crippen LogP contribution in [0.5, 0.6) is 11.5 Å². The van der Waals surface area contributed by atoms with Crippen LogP contribution in [0.1, 0.15) is 43.4 Å². The van der Waals surface area contributed by atoms with E-state index in [0.29, 0.717) is 23.4 Å². The van der Waals surface area contributed by atoms with Gasteiger partial charge in [0.1, 0.15) is 28.6 Å². The van der Waals surface area contributed by atoms with Crippen LogP contribution in [-0.4, -0.2) is 93.6 Å². The summed E-state index contributed by atoms with van der Waals surface area (Å²) in [5, 5.41) is 45.0. The van der Waals surface area contributed by atoms with Crippen LogP contribution < -0.4 is 10.5 Å². The minimum absolute atomic E-state index is 0.0121. The third-order valence-corrected chi connectivity index (χ3v) is 8.72. The number of rotatable bonds is 7. The highest BCUT2D eigenvalue weighted by Crippen LogP contribution is 2.54. The fourth-order valence-corrected chi connectivity index (χ4v) is 6.46. The van der Waals surface area contributed by atoms with Crippen LogP contribution in [0.2, 0.25) is 0 Å². The molecule has 0 radical (unpaired) electrons. The average molecular weight is 544 g/mol. The molecule has 0 heterocycles. The minimum Gasteiger partial charge on any atom is -0.508 e. The quantitative estimate of drug-likeness (QED) is 0.314. The highest BCUT2D eigenvalue weighted by molar-refractivity contribution is 6.24. The number of carbonyl (C=O) groups is 3. The van der Waals surface area contributed by atoms with E-state index in [1.807, 2.05) is 7.05 Å². The van der Waals surface area contributed by atoms with E-state index in [1.54, 1.807) is 14.1 Å². The van der Waals surface area contributed by atoms with Crippen molar-refractivity contribution in [1.82, 2.24) is 9.80 Å². The van der Waals surface area contributed by atoms with Crippen molar-refractivity contribution in [2.45, 2.75) is 57.3 Å². The molecule has 1 aromatic carbocycles. The molecule has 5 atom stereocenters. The number of hydrogen-bond donors (Lipinski definition) is 5. The summed E-state index contributed by atoms with van der Waals surface area (Å²) < 4.78 is 5.76. The SMILES string of the molecule is CCC(C)N(C)Cc1cc(O)c2c(c1OC)C[C@H]1C[C@H]3[C@H](N(C)C)C(=O)C(C(N)=O)=C(O)[C@@]3(O)C(=O)C1=C2O. The lowest BCUT2D eigenvalue weighted by Gasteiger charge is -2.50. The highest BCUT2D eigenvalue weighted by atomic mass is 16.5. The van der Waals surface area contributed by atoms with Crippen molar-refractivity contribution < 1.29 is 39.5 Å². The molecular weight excluding hydrogens is 506 g/mol. The summed E-state index contributed by atoms with van der Waals surface area (Å²) in [4.78, 5) is 42.8. The van der Waals surface area contributed by atoms with Crippen LogP contribution in [0.4, 0.5) is 0 Å². The van der Waals surface area contributed by atoms with Crippen LogP contribution in [0.3, 0.4) is 0 Å². The number of Topliss-reactive ketones (excluding diaryl/α,β-unsaturated/α-hetero) is 2. The Balaban J connectivity index is 1.92. The van der Waals surface area contributed by atoms with Gasteiger partial charge in [-0.2, -0.15) is 0 Å². The van der Waals surface area contributed by atoms with Crippen molar-refractivity contribution >= 4 is 23.2 Å². The van der Waals surface area contributed by atoms with Crippen molar-refractivity contribution in [1.29, 1.82) is 0 Å². The van der Waals surface area contributed by atoms with Crippen molar-refractivity contribution in [3.63, 3.8) is 0 Å². The maximum atomic E-state index is 13.9. The van der Waals surface area contributed by atoms with Gasteiger partial charge in [0.25, 0.3) is 5.91 Å². The van der Waals surface area contributed by atoms with Gasteiger partial charge in [-0.3, -0.25) is 24.2 Å². The van der Waals surface area contributed by atoms with Crippen molar-refractivity contribution in [3.05, 3.63) is 39.7 Å². The summed E-state index contributed by atoms with van der Waals surface area (Å²) in [5.41, 5.74) is 2.89. The third-order valence-electron chi connectivity index (χ3n) is 8.72. The average Bonchev–Trinajstić information content (AvgIpc) is 2.85. The minimum atomic E-state index is -2.66. The monoisotopic (exact) mass is 543 g/mol. The molecule has 1 unspecified atom stereocenters. The number of fused-ring (bicyclic) bond motifs is 3. The van der Waals surface area contributed by atoms with Gasteiger partial charge in [-0.05, 0) is 59.3 Å². The molecule has 4 rings (SSSR count). The summed E-state index contributed by atoms with van der Waals surface area (Å²) >= 11 is 0. The van der Waals surface area contributed by atoms with E-state index in [0.717, 1.165) is 6.42 Å². The zero-order valence-corrected chi connectivity index (χ0v) is 23.1. The van der Waals surface area contributed by atoms with Crippen molar-refractivity contribution in [2.24, 2.45) is 17.6 Å². The van der Waals surface area contributed by atoms with Gasteiger partial charge < -0.3 is 30.9 Å². The standard InChI is InChI=1S/C28H37N3O8/c1-7-12(2)31(5)11-14-10-17(32)19-15(24(14)39-6)8-13-9-16-21(30(3)4)23(34)20(27(29)37)26(36)28(16,38)25(35)18(13)22(19)33/h10,12-13,16,21,32-33,36,38H,7-9,11H2,1-6H3,(H2,29,37)/t12?,13-,16-,21-,28-/m0/s1. The lowest BCUT2D eigenvalue weighted by Crippen LogP contribution is -2.65. The van der Waals surface area contributed by atoms with Crippen LogP contribution in [0.15, 0.2) is 23.0 Å². The van der Waals surface area contributed by atoms with Gasteiger partial charge in [-0.1, -0.05) is 6.92 Å². The summed E-state index contributed by atoms with van der Waals surface area (Å²) in [6, 6.07) is 0.620. The first-order valence-corrected chi connectivity index (χ1v) is 13.0. The summed E-state index contributed by atoms with van der Waals surface area (Å²) in [5.74, 6) is -6.32. The number of hydrogen-bond acceptors (Lipinski definition) is 10. The summed E-state index contributed by atoms with van der Waals surface area (Å²) in [6.07, 6.45) is 1.11. The number of amides is 1. The van der Waals surface area contributed by atoms with Crippen LogP contribution >= 0.6 is 0 Å². The molecule has 1 aromatic rings. The molecule has 1 amide bonds. The number of phenols is 1. The lowest BCUT2D eigenvalue weighted by molar-refractivity contribution is -0.153. The van der Waals surface area contributed by atoms with E-state index < -0.39 is 58.0 Å². The zero-order chi connectivity index (χ0) is 29.1. The molecule has 6 N–H and O–H groups in total. The normalized spacial score (nSPS) is 27.5. The topological polar surface area (TPSA) is 174 Å². The number of methoxy groups -OCH3 is 1. The fourth-order valence-electron chi connectivity index (χ4n) is 6.46. The second kappa shape index (κ2) is 9.96. The molecule has 39 heavy (non-hydrogen) atoms. The predicted octanol–water partition coefficient (Wildman–Crippen LogP) is 1.20. The van der Waals surface area contributed by atoms with E-state index in [-0.39, 0.29) is 35.8 Å². The van der Waals surface area contributed by atoms with Gasteiger partial charge in [-0.15, -0.1) is 0 Å². The Labute approximate surface area is 227 Å². The zero-order valence-electron chi connectivity index (χ0n) is 23.1. The number of aliphatic hydroxyl groups is 3. The number of benzene rings is 1. The summed E-state index contributed by atoms with van der Waals surface area (Å²) in [7, 11) is 6.59. The first-order valence-electron chi connectivity index (χ1n) is 13.0. The second-order valence-electron chi connectivity index (χ2n) is 11.1. The first kappa shape index (κ1) is 28.6. The molecule has 3 aliphatic carbocycles. The number of nitrogens with zero attached hydrogens (tertiary/aromatic N) is 2. The van der Waals surface area contributed by atoms with E-state index in [4.69, 9.17) is 10.5 Å². The van der Waals surface area contributed by atoms with Crippen LogP contribution in [-0.2, 0) is 27.3 Å². The number of nitrogens with two attached hydrogens (primary N) is 1. The molecule has 1 fully saturated rings. The maximum absolute atomic E-state index is 13.9. The predicted molar refractivity (Wildman–Crippen MR) is 142 cm³/mol. The molecular formula is C28H37N3O8. The molecule has 11 nitrogen and oxygen atoms in total. The third kappa shape index (κ3) is 4.11. The molecule has 11 heteroatoms. The molecule has 0 aromatic heterocycles. The fraction of sp³-hybridized carbons (Fsp3) is 0.536. The number of likely N-dealkylation sites (N-methyl/N-ethyl adjacent to an activating group) is 1. The number of primary amides is 1. The Kier molecular flexibility index (Phi) is 7.30. The van der Waals surface area contributed by atoms with E-state index >= 15 is 0 Å². The lowest BCUT2D eigenvalue weighted by atomic mass is 9.57. The number of phenolic OH excluding ortho intramolecular Hbond substituents is 1. The highest BCUT2D eigenvalue weighted by Gasteiger charge is 2.64. The van der Waals surface area contributed by atoms with E-state index in [9.17, 15) is 34.8 Å². The number of ketones is 2. The Morgan fingerprint density at radius 1 is 1.23 bits per heavy atom. The first-order chi connectivity index (χ1) is 18.2. The Hall–Kier alpha value is -3.41. The van der Waals surface area contributed by atoms with E-state index in [2.05, 4.69) is 18.7 Å². The molecule has 212 valence electrons. The summed E-state index contributed by atoms with van der Waals surface area (Å²) in [6.45, 7) is 4.62. The van der Waals surface area contributed by atoms with Gasteiger partial charge in [0.05, 0.1) is 18.7 Å². The van der Waals surface area contributed by atoms with Gasteiger partial charge in [-0.25, -0.2) is 0 Å². The number of ether oxygens (including phenoxy) is 1. The van der Waals surface area contributed by atoms with Gasteiger partial charge in [0.2, 0.25) is 5.78 Å². The van der Waals surface area contributed by atoms with Gasteiger partial charge in [0, 0.05) is 35.2 Å². The molecule has 0 saturated heterocycles. The number of aromatic hydroxyl groups is 1. The van der Waals surface area contributed by atoms with Crippen molar-refractivity contribution in [3.8, 4) is 11.5 Å². The smallest absolute Gasteiger partial charge is 0.255 e. The molecule has 0 aliphatic heterocycles.